The molecule has 50 valence electrons. The van der Waals surface area contributed by atoms with Gasteiger partial charge in [0.1, 0.15) is 5.60 Å². The van der Waals surface area contributed by atoms with E-state index in [1.165, 1.54) is 0 Å². The average Bonchev–Trinajstić information content (AvgIpc) is 1.21. The molecule has 0 saturated heterocycles. The Balaban J connectivity index is 0. The van der Waals surface area contributed by atoms with E-state index in [-0.39, 0.29) is 19.5 Å². The van der Waals surface area contributed by atoms with E-state index in [4.69, 9.17) is 0 Å². The molecule has 0 amide bonds. The maximum atomic E-state index is 10.1. The van der Waals surface area contributed by atoms with Crippen molar-refractivity contribution in [3.8, 4) is 0 Å². The Hall–Kier alpha value is -0.0366. The van der Waals surface area contributed by atoms with Crippen LogP contribution in [0.3, 0.4) is 0 Å². The van der Waals surface area contributed by atoms with Gasteiger partial charge in [-0.1, -0.05) is 0 Å². The molecule has 0 bridgehead atoms. The maximum absolute atomic E-state index is 10.1. The van der Waals surface area contributed by atoms with Crippen LogP contribution in [0.25, 0.3) is 0 Å². The molecule has 0 aliphatic carbocycles. The molecule has 0 heterocycles. The summed E-state index contributed by atoms with van der Waals surface area (Å²) in [6.07, 6.45) is 0. The van der Waals surface area contributed by atoms with E-state index in [1.807, 2.05) is 0 Å². The number of hydrogen-bond donors (Lipinski definition) is 0. The summed E-state index contributed by atoms with van der Waals surface area (Å²) in [5.74, 6) is -0.475. The van der Waals surface area contributed by atoms with E-state index in [0.29, 0.717) is 0 Å². The fraction of sp³-hybridized carbons (Fsp3) is 0.667. The third-order valence-corrected chi connectivity index (χ3v) is 0.420. The standard InChI is InChI=1S/C6H11O2.Zn/c1-5(7)8-6(2,3)4;/h1H2,2-4H3;/q-1;. The van der Waals surface area contributed by atoms with Crippen molar-refractivity contribution < 1.29 is 29.0 Å². The summed E-state index contributed by atoms with van der Waals surface area (Å²) in [5, 5.41) is 0. The monoisotopic (exact) mass is 179 g/mol. The Morgan fingerprint density at radius 1 is 1.44 bits per heavy atom. The summed E-state index contributed by atoms with van der Waals surface area (Å²) in [6, 6.07) is 0. The molecule has 0 spiro atoms. The molecule has 0 aromatic heterocycles. The molecule has 0 aliphatic rings. The van der Waals surface area contributed by atoms with Crippen molar-refractivity contribution in [1.82, 2.24) is 0 Å². The Morgan fingerprint density at radius 2 is 1.78 bits per heavy atom. The van der Waals surface area contributed by atoms with E-state index in [2.05, 4.69) is 11.7 Å². The van der Waals surface area contributed by atoms with Crippen LogP contribution in [0.5, 0.6) is 0 Å². The largest absolute Gasteiger partial charge is 0.483 e. The second-order valence-corrected chi connectivity index (χ2v) is 2.59. The summed E-state index contributed by atoms with van der Waals surface area (Å²) in [7, 11) is 0. The number of carbonyl (C=O) groups excluding carboxylic acids is 1. The van der Waals surface area contributed by atoms with Crippen molar-refractivity contribution in [2.45, 2.75) is 26.4 Å². The third kappa shape index (κ3) is 11.5. The SMILES string of the molecule is [CH2-]C(=O)OC(C)(C)C.[Zn]. The molecular formula is C6H11O2Zn-. The fourth-order valence-corrected chi connectivity index (χ4v) is 0.342. The van der Waals surface area contributed by atoms with Gasteiger partial charge >= 0.3 is 0 Å². The van der Waals surface area contributed by atoms with E-state index in [9.17, 15) is 4.79 Å². The van der Waals surface area contributed by atoms with Crippen molar-refractivity contribution in [2.24, 2.45) is 0 Å². The zero-order chi connectivity index (χ0) is 6.78. The molecule has 0 saturated carbocycles. The molecule has 9 heavy (non-hydrogen) atoms. The fourth-order valence-electron chi connectivity index (χ4n) is 0.342. The van der Waals surface area contributed by atoms with Crippen LogP contribution >= 0.6 is 0 Å². The number of ether oxygens (including phenoxy) is 1. The van der Waals surface area contributed by atoms with Crippen LogP contribution < -0.4 is 0 Å². The van der Waals surface area contributed by atoms with Crippen LogP contribution in [0.4, 0.5) is 0 Å². The Morgan fingerprint density at radius 3 is 1.78 bits per heavy atom. The molecule has 0 atom stereocenters. The van der Waals surface area contributed by atoms with Gasteiger partial charge in [-0.05, 0) is 20.8 Å². The first-order chi connectivity index (χ1) is 3.42. The Bertz CT molecular complexity index is 93.7. The maximum Gasteiger partial charge on any atom is 0.165 e. The first-order valence-corrected chi connectivity index (χ1v) is 2.47. The van der Waals surface area contributed by atoms with Crippen molar-refractivity contribution in [3.05, 3.63) is 6.92 Å². The van der Waals surface area contributed by atoms with Gasteiger partial charge < -0.3 is 4.74 Å². The van der Waals surface area contributed by atoms with Crippen molar-refractivity contribution in [3.63, 3.8) is 0 Å². The summed E-state index contributed by atoms with van der Waals surface area (Å²) >= 11 is 0. The van der Waals surface area contributed by atoms with Gasteiger partial charge in [-0.3, -0.25) is 11.7 Å². The molecule has 0 aromatic rings. The van der Waals surface area contributed by atoms with Gasteiger partial charge in [0.25, 0.3) is 0 Å². The molecule has 2 nitrogen and oxygen atoms in total. The normalized spacial score (nSPS) is 9.67. The molecule has 0 fully saturated rings. The molecular weight excluding hydrogens is 169 g/mol. The van der Waals surface area contributed by atoms with Crippen molar-refractivity contribution in [1.29, 1.82) is 0 Å². The predicted octanol–water partition coefficient (Wildman–Crippen LogP) is 1.16. The zero-order valence-corrected chi connectivity index (χ0v) is 9.20. The van der Waals surface area contributed by atoms with Crippen molar-refractivity contribution in [2.75, 3.05) is 0 Å². The molecule has 0 radical (unpaired) electrons. The Kier molecular flexibility index (Phi) is 5.07. The van der Waals surface area contributed by atoms with Crippen LogP contribution in [0.1, 0.15) is 20.8 Å². The number of carbonyl (C=O) groups is 1. The molecule has 0 aromatic carbocycles. The predicted molar refractivity (Wildman–Crippen MR) is 31.2 cm³/mol. The smallest absolute Gasteiger partial charge is 0.165 e. The van der Waals surface area contributed by atoms with Gasteiger partial charge in [-0.25, -0.2) is 0 Å². The van der Waals surface area contributed by atoms with Crippen LogP contribution in [0, 0.1) is 6.92 Å². The number of esters is 1. The van der Waals surface area contributed by atoms with Gasteiger partial charge in [0.15, 0.2) is 5.97 Å². The van der Waals surface area contributed by atoms with E-state index < -0.39 is 11.6 Å². The van der Waals surface area contributed by atoms with E-state index in [1.54, 1.807) is 20.8 Å². The molecule has 0 N–H and O–H groups in total. The molecule has 0 aliphatic heterocycles. The van der Waals surface area contributed by atoms with Crippen LogP contribution in [0.15, 0.2) is 0 Å². The Labute approximate surface area is 68.7 Å². The van der Waals surface area contributed by atoms with Gasteiger partial charge in [0.05, 0.1) is 0 Å². The topological polar surface area (TPSA) is 26.3 Å². The van der Waals surface area contributed by atoms with Crippen LogP contribution in [0.2, 0.25) is 0 Å². The van der Waals surface area contributed by atoms with E-state index in [0.717, 1.165) is 0 Å². The van der Waals surface area contributed by atoms with Crippen molar-refractivity contribution >= 4 is 5.97 Å². The van der Waals surface area contributed by atoms with Gasteiger partial charge in [-0.2, -0.15) is 0 Å². The summed E-state index contributed by atoms with van der Waals surface area (Å²) in [6.45, 7) is 8.47. The van der Waals surface area contributed by atoms with Gasteiger partial charge in [0, 0.05) is 19.5 Å². The average molecular weight is 181 g/mol. The molecule has 3 heteroatoms. The summed E-state index contributed by atoms with van der Waals surface area (Å²) < 4.78 is 4.69. The summed E-state index contributed by atoms with van der Waals surface area (Å²) in [4.78, 5) is 10.1. The second kappa shape index (κ2) is 3.89. The summed E-state index contributed by atoms with van der Waals surface area (Å²) in [5.41, 5.74) is -0.390. The third-order valence-electron chi connectivity index (χ3n) is 0.420. The minimum atomic E-state index is -0.475. The molecule has 0 rings (SSSR count). The van der Waals surface area contributed by atoms with E-state index >= 15 is 0 Å². The quantitative estimate of drug-likeness (QED) is 0.318. The minimum absolute atomic E-state index is 0. The first-order valence-electron chi connectivity index (χ1n) is 2.47. The van der Waals surface area contributed by atoms with Crippen LogP contribution in [-0.2, 0) is 29.0 Å². The molecule has 0 unspecified atom stereocenters. The zero-order valence-electron chi connectivity index (χ0n) is 6.23. The van der Waals surface area contributed by atoms with Gasteiger partial charge in [-0.15, -0.1) is 0 Å². The van der Waals surface area contributed by atoms with Gasteiger partial charge in [0.2, 0.25) is 0 Å². The minimum Gasteiger partial charge on any atom is -0.483 e. The first kappa shape index (κ1) is 11.7. The second-order valence-electron chi connectivity index (χ2n) is 2.59. The van der Waals surface area contributed by atoms with Crippen LogP contribution in [-0.4, -0.2) is 11.6 Å². The number of rotatable bonds is 0. The number of hydrogen-bond acceptors (Lipinski definition) is 2.